The van der Waals surface area contributed by atoms with E-state index in [1.54, 1.807) is 17.0 Å². The van der Waals surface area contributed by atoms with Crippen molar-refractivity contribution in [1.29, 1.82) is 0 Å². The average Bonchev–Trinajstić information content (AvgIpc) is 3.08. The van der Waals surface area contributed by atoms with E-state index in [9.17, 15) is 0 Å². The Balaban J connectivity index is 0.000000111. The Bertz CT molecular complexity index is 632. The Kier molecular flexibility index (Phi) is 2.50. The van der Waals surface area contributed by atoms with Gasteiger partial charge in [0.1, 0.15) is 31.6 Å². The molecule has 0 aliphatic rings. The molecule has 4 rings (SSSR count). The van der Waals surface area contributed by atoms with Crippen LogP contribution in [0.4, 0.5) is 0 Å². The van der Waals surface area contributed by atoms with E-state index in [0.717, 1.165) is 0 Å². The molecule has 18 heavy (non-hydrogen) atoms. The van der Waals surface area contributed by atoms with E-state index in [1.165, 1.54) is 29.8 Å². The van der Waals surface area contributed by atoms with E-state index in [-0.39, 0.29) is 0 Å². The topological polar surface area (TPSA) is 112 Å². The molecule has 4 aromatic heterocycles. The van der Waals surface area contributed by atoms with Crippen molar-refractivity contribution in [3.8, 4) is 0 Å². The number of fused-ring (bicyclic) bond motifs is 2. The van der Waals surface area contributed by atoms with E-state index >= 15 is 0 Å². The zero-order chi connectivity index (χ0) is 12.2. The summed E-state index contributed by atoms with van der Waals surface area (Å²) < 4.78 is 3.05. The van der Waals surface area contributed by atoms with E-state index in [4.69, 9.17) is 0 Å². The van der Waals surface area contributed by atoms with Gasteiger partial charge in [0.15, 0.2) is 5.65 Å². The SMILES string of the molecule is c1ncc2nncn2n1.c1ncn2ncnc2n1. The van der Waals surface area contributed by atoms with Crippen molar-refractivity contribution >= 4 is 11.4 Å². The first kappa shape index (κ1) is 10.1. The molecule has 0 saturated carbocycles. The molecule has 0 unspecified atom stereocenters. The zero-order valence-electron chi connectivity index (χ0n) is 8.94. The summed E-state index contributed by atoms with van der Waals surface area (Å²) in [5.41, 5.74) is 0.664. The van der Waals surface area contributed by atoms with Gasteiger partial charge in [0.05, 0.1) is 6.20 Å². The van der Waals surface area contributed by atoms with Gasteiger partial charge in [-0.05, 0) is 0 Å². The molecule has 0 atom stereocenters. The lowest BCUT2D eigenvalue weighted by Crippen LogP contribution is -1.89. The molecule has 0 N–H and O–H groups in total. The highest BCUT2D eigenvalue weighted by Crippen LogP contribution is 1.87. The molecule has 4 aromatic rings. The first-order valence-corrected chi connectivity index (χ1v) is 4.85. The van der Waals surface area contributed by atoms with Crippen molar-refractivity contribution < 1.29 is 0 Å². The quantitative estimate of drug-likeness (QED) is 0.387. The van der Waals surface area contributed by atoms with Crippen LogP contribution in [0.25, 0.3) is 11.4 Å². The largest absolute Gasteiger partial charge is 0.255 e. The third kappa shape index (κ3) is 1.93. The predicted octanol–water partition coefficient (Wildman–Crippen LogP) is -0.961. The molecular formula is C8H6N10. The highest BCUT2D eigenvalue weighted by molar-refractivity contribution is 5.28. The highest BCUT2D eigenvalue weighted by atomic mass is 15.3. The molecule has 0 aromatic carbocycles. The Labute approximate surface area is 99.4 Å². The van der Waals surface area contributed by atoms with Crippen molar-refractivity contribution in [2.45, 2.75) is 0 Å². The summed E-state index contributed by atoms with van der Waals surface area (Å²) in [4.78, 5) is 15.1. The van der Waals surface area contributed by atoms with E-state index in [2.05, 4.69) is 40.3 Å². The highest BCUT2D eigenvalue weighted by Gasteiger charge is 1.90. The second-order valence-electron chi connectivity index (χ2n) is 3.06. The fraction of sp³-hybridized carbons (Fsp3) is 0. The van der Waals surface area contributed by atoms with Crippen molar-refractivity contribution in [2.75, 3.05) is 0 Å². The lowest BCUT2D eigenvalue weighted by atomic mass is 10.8. The molecule has 10 nitrogen and oxygen atoms in total. The average molecular weight is 242 g/mol. The minimum Gasteiger partial charge on any atom is -0.239 e. The summed E-state index contributed by atoms with van der Waals surface area (Å²) in [5, 5.41) is 14.9. The summed E-state index contributed by atoms with van der Waals surface area (Å²) in [7, 11) is 0. The van der Waals surface area contributed by atoms with Gasteiger partial charge in [-0.2, -0.15) is 29.2 Å². The van der Waals surface area contributed by atoms with E-state index in [0.29, 0.717) is 11.4 Å². The Hall–Kier alpha value is -3.04. The summed E-state index contributed by atoms with van der Waals surface area (Å²) in [5.74, 6) is 0.574. The van der Waals surface area contributed by atoms with Crippen LogP contribution in [0.15, 0.2) is 37.8 Å². The first-order valence-electron chi connectivity index (χ1n) is 4.85. The third-order valence-corrected chi connectivity index (χ3v) is 1.96. The predicted molar refractivity (Wildman–Crippen MR) is 57.2 cm³/mol. The standard InChI is InChI=1S/2C4H3N5/c1-5-3-9-4(6-1)7-2-8-9;1-4-8-6-3-9(4)7-2-5-1/h2*1-3H. The first-order chi connectivity index (χ1) is 8.93. The second kappa shape index (κ2) is 4.45. The number of nitrogens with zero attached hydrogens (tertiary/aromatic N) is 10. The number of hydrogen-bond acceptors (Lipinski definition) is 8. The lowest BCUT2D eigenvalue weighted by Gasteiger charge is -1.82. The van der Waals surface area contributed by atoms with E-state index in [1.807, 2.05) is 0 Å². The van der Waals surface area contributed by atoms with Crippen LogP contribution in [-0.4, -0.2) is 49.4 Å². The number of aromatic nitrogens is 10. The molecule has 0 fully saturated rings. The molecule has 0 amide bonds. The van der Waals surface area contributed by atoms with Crippen molar-refractivity contribution in [2.24, 2.45) is 0 Å². The fourth-order valence-corrected chi connectivity index (χ4v) is 1.19. The van der Waals surface area contributed by atoms with Gasteiger partial charge in [-0.25, -0.2) is 9.97 Å². The molecule has 0 spiro atoms. The van der Waals surface area contributed by atoms with Gasteiger partial charge in [-0.3, -0.25) is 0 Å². The van der Waals surface area contributed by atoms with Crippen LogP contribution in [0.5, 0.6) is 0 Å². The maximum Gasteiger partial charge on any atom is 0.255 e. The van der Waals surface area contributed by atoms with Crippen LogP contribution >= 0.6 is 0 Å². The Morgan fingerprint density at radius 2 is 1.72 bits per heavy atom. The monoisotopic (exact) mass is 242 g/mol. The molecule has 88 valence electrons. The lowest BCUT2D eigenvalue weighted by molar-refractivity contribution is 0.890. The van der Waals surface area contributed by atoms with Crippen LogP contribution < -0.4 is 0 Å². The maximum absolute atomic E-state index is 3.82. The molecule has 0 aliphatic carbocycles. The van der Waals surface area contributed by atoms with Gasteiger partial charge >= 0.3 is 0 Å². The van der Waals surface area contributed by atoms with Crippen molar-refractivity contribution in [3.63, 3.8) is 0 Å². The normalized spacial score (nSPS) is 10.2. The summed E-state index contributed by atoms with van der Waals surface area (Å²) in [6.45, 7) is 0. The maximum atomic E-state index is 3.82. The summed E-state index contributed by atoms with van der Waals surface area (Å²) in [6, 6.07) is 0. The minimum absolute atomic E-state index is 0.574. The molecule has 0 radical (unpaired) electrons. The van der Waals surface area contributed by atoms with Crippen molar-refractivity contribution in [1.82, 2.24) is 49.4 Å². The summed E-state index contributed by atoms with van der Waals surface area (Å²) >= 11 is 0. The van der Waals surface area contributed by atoms with Crippen LogP contribution in [-0.2, 0) is 0 Å². The fourth-order valence-electron chi connectivity index (χ4n) is 1.19. The molecule has 10 heteroatoms. The smallest absolute Gasteiger partial charge is 0.239 e. The molecule has 0 bridgehead atoms. The van der Waals surface area contributed by atoms with Gasteiger partial charge < -0.3 is 0 Å². The third-order valence-electron chi connectivity index (χ3n) is 1.96. The van der Waals surface area contributed by atoms with E-state index < -0.39 is 0 Å². The van der Waals surface area contributed by atoms with Gasteiger partial charge in [0.25, 0.3) is 5.78 Å². The van der Waals surface area contributed by atoms with Crippen LogP contribution in [0.1, 0.15) is 0 Å². The molecular weight excluding hydrogens is 236 g/mol. The zero-order valence-corrected chi connectivity index (χ0v) is 8.94. The van der Waals surface area contributed by atoms with Crippen molar-refractivity contribution in [3.05, 3.63) is 37.8 Å². The molecule has 0 aliphatic heterocycles. The van der Waals surface area contributed by atoms with Crippen LogP contribution in [0, 0.1) is 0 Å². The second-order valence-corrected chi connectivity index (χ2v) is 3.06. The molecule has 4 heterocycles. The minimum atomic E-state index is 0.574. The van der Waals surface area contributed by atoms with Gasteiger partial charge in [0.2, 0.25) is 0 Å². The van der Waals surface area contributed by atoms with Gasteiger partial charge in [-0.15, -0.1) is 10.2 Å². The van der Waals surface area contributed by atoms with Crippen LogP contribution in [0.2, 0.25) is 0 Å². The Morgan fingerprint density at radius 3 is 2.61 bits per heavy atom. The van der Waals surface area contributed by atoms with Gasteiger partial charge in [-0.1, -0.05) is 0 Å². The number of rotatable bonds is 0. The summed E-state index contributed by atoms with van der Waals surface area (Å²) in [6.07, 6.45) is 8.98. The van der Waals surface area contributed by atoms with Crippen LogP contribution in [0.3, 0.4) is 0 Å². The molecule has 0 saturated heterocycles. The Morgan fingerprint density at radius 1 is 0.833 bits per heavy atom. The van der Waals surface area contributed by atoms with Gasteiger partial charge in [0, 0.05) is 0 Å². The number of hydrogen-bond donors (Lipinski definition) is 0.